The minimum Gasteiger partial charge on any atom is -0.482 e. The summed E-state index contributed by atoms with van der Waals surface area (Å²) in [6, 6.07) is 11.5. The first-order valence-electron chi connectivity index (χ1n) is 6.38. The fraction of sp³-hybridized carbons (Fsp3) is 0.125. The fourth-order valence-electron chi connectivity index (χ4n) is 1.72. The normalized spacial score (nSPS) is 10.1. The summed E-state index contributed by atoms with van der Waals surface area (Å²) in [6.45, 7) is 1.68. The number of aromatic carboxylic acids is 1. The second kappa shape index (κ2) is 7.09. The molecule has 0 radical (unpaired) electrons. The minimum atomic E-state index is -1.05. The molecule has 2 aromatic carbocycles. The number of aryl methyl sites for hydroxylation is 1. The molecule has 0 amide bonds. The van der Waals surface area contributed by atoms with E-state index in [4.69, 9.17) is 14.6 Å². The predicted molar refractivity (Wildman–Crippen MR) is 83.4 cm³/mol. The number of esters is 1. The second-order valence-electron chi connectivity index (χ2n) is 4.53. The van der Waals surface area contributed by atoms with Gasteiger partial charge in [0.05, 0.1) is 10.0 Å². The number of halogens is 1. The highest BCUT2D eigenvalue weighted by molar-refractivity contribution is 9.10. The van der Waals surface area contributed by atoms with E-state index in [9.17, 15) is 9.59 Å². The van der Waals surface area contributed by atoms with Gasteiger partial charge in [-0.15, -0.1) is 0 Å². The van der Waals surface area contributed by atoms with Crippen LogP contribution in [0.25, 0.3) is 0 Å². The van der Waals surface area contributed by atoms with E-state index in [1.807, 2.05) is 25.1 Å². The number of carboxylic acids is 1. The van der Waals surface area contributed by atoms with Crippen molar-refractivity contribution < 1.29 is 24.2 Å². The lowest BCUT2D eigenvalue weighted by Gasteiger charge is -2.09. The molecule has 0 unspecified atom stereocenters. The Balaban J connectivity index is 1.96. The van der Waals surface area contributed by atoms with E-state index in [2.05, 4.69) is 15.9 Å². The van der Waals surface area contributed by atoms with Crippen LogP contribution in [0.2, 0.25) is 0 Å². The highest BCUT2D eigenvalue weighted by Crippen LogP contribution is 2.26. The van der Waals surface area contributed by atoms with Gasteiger partial charge in [0, 0.05) is 0 Å². The third kappa shape index (κ3) is 4.33. The third-order valence-electron chi connectivity index (χ3n) is 2.75. The number of hydrogen-bond donors (Lipinski definition) is 1. The summed E-state index contributed by atoms with van der Waals surface area (Å²) in [7, 11) is 0. The smallest absolute Gasteiger partial charge is 0.349 e. The van der Waals surface area contributed by atoms with Crippen LogP contribution < -0.4 is 9.47 Å². The van der Waals surface area contributed by atoms with Crippen LogP contribution in [0.15, 0.2) is 46.9 Å². The molecule has 5 nitrogen and oxygen atoms in total. The van der Waals surface area contributed by atoms with E-state index >= 15 is 0 Å². The monoisotopic (exact) mass is 364 g/mol. The van der Waals surface area contributed by atoms with Crippen LogP contribution in [0, 0.1) is 6.92 Å². The van der Waals surface area contributed by atoms with Gasteiger partial charge in [-0.3, -0.25) is 0 Å². The van der Waals surface area contributed by atoms with Gasteiger partial charge in [-0.05, 0) is 58.7 Å². The van der Waals surface area contributed by atoms with Crippen molar-refractivity contribution in [2.75, 3.05) is 6.61 Å². The first-order chi connectivity index (χ1) is 10.5. The Kier molecular flexibility index (Phi) is 5.16. The molecule has 0 aliphatic carbocycles. The molecular formula is C16H13BrO5. The average molecular weight is 365 g/mol. The van der Waals surface area contributed by atoms with Crippen LogP contribution in [0.3, 0.4) is 0 Å². The summed E-state index contributed by atoms with van der Waals surface area (Å²) in [6.07, 6.45) is 0. The average Bonchev–Trinajstić information content (AvgIpc) is 2.47. The number of benzene rings is 2. The molecule has 0 aromatic heterocycles. The van der Waals surface area contributed by atoms with Crippen LogP contribution in [-0.2, 0) is 4.79 Å². The summed E-state index contributed by atoms with van der Waals surface area (Å²) in [5, 5.41) is 8.87. The van der Waals surface area contributed by atoms with Gasteiger partial charge < -0.3 is 14.6 Å². The first kappa shape index (κ1) is 16.0. The highest BCUT2D eigenvalue weighted by atomic mass is 79.9. The van der Waals surface area contributed by atoms with Crippen molar-refractivity contribution in [2.45, 2.75) is 6.92 Å². The van der Waals surface area contributed by atoms with Crippen molar-refractivity contribution in [3.05, 3.63) is 58.1 Å². The van der Waals surface area contributed by atoms with Crippen LogP contribution in [0.1, 0.15) is 15.9 Å². The van der Waals surface area contributed by atoms with Crippen LogP contribution in [0.5, 0.6) is 11.5 Å². The summed E-state index contributed by atoms with van der Waals surface area (Å²) in [5.74, 6) is -0.813. The Morgan fingerprint density at radius 2 is 1.95 bits per heavy atom. The quantitative estimate of drug-likeness (QED) is 0.649. The largest absolute Gasteiger partial charge is 0.482 e. The molecular weight excluding hydrogens is 352 g/mol. The van der Waals surface area contributed by atoms with Gasteiger partial charge in [0.2, 0.25) is 0 Å². The molecule has 1 N–H and O–H groups in total. The lowest BCUT2D eigenvalue weighted by molar-refractivity contribution is -0.136. The fourth-order valence-corrected chi connectivity index (χ4v) is 2.18. The molecule has 0 saturated heterocycles. The maximum absolute atomic E-state index is 11.8. The van der Waals surface area contributed by atoms with E-state index in [0.29, 0.717) is 10.2 Å². The molecule has 22 heavy (non-hydrogen) atoms. The van der Waals surface area contributed by atoms with E-state index < -0.39 is 11.9 Å². The molecule has 0 heterocycles. The van der Waals surface area contributed by atoms with Crippen molar-refractivity contribution in [1.82, 2.24) is 0 Å². The molecule has 0 bridgehead atoms. The van der Waals surface area contributed by atoms with E-state index in [1.165, 1.54) is 18.2 Å². The zero-order valence-corrected chi connectivity index (χ0v) is 13.3. The molecule has 114 valence electrons. The van der Waals surface area contributed by atoms with Crippen molar-refractivity contribution in [1.29, 1.82) is 0 Å². The topological polar surface area (TPSA) is 72.8 Å². The van der Waals surface area contributed by atoms with Gasteiger partial charge >= 0.3 is 11.9 Å². The number of hydrogen-bond acceptors (Lipinski definition) is 4. The van der Waals surface area contributed by atoms with Crippen LogP contribution in [-0.4, -0.2) is 23.7 Å². The third-order valence-corrected chi connectivity index (χ3v) is 3.37. The molecule has 0 fully saturated rings. The Labute approximate surface area is 135 Å². The van der Waals surface area contributed by atoms with Gasteiger partial charge in [0.1, 0.15) is 11.5 Å². The van der Waals surface area contributed by atoms with Crippen molar-refractivity contribution >= 4 is 27.9 Å². The lowest BCUT2D eigenvalue weighted by atomic mass is 10.2. The van der Waals surface area contributed by atoms with Gasteiger partial charge in [0.15, 0.2) is 6.61 Å². The first-order valence-corrected chi connectivity index (χ1v) is 7.18. The number of carbonyl (C=O) groups is 2. The number of rotatable bonds is 5. The molecule has 6 heteroatoms. The molecule has 0 atom stereocenters. The number of ether oxygens (including phenoxy) is 2. The Morgan fingerprint density at radius 3 is 2.59 bits per heavy atom. The van der Waals surface area contributed by atoms with Gasteiger partial charge in [-0.2, -0.15) is 0 Å². The Hall–Kier alpha value is -2.34. The van der Waals surface area contributed by atoms with Crippen molar-refractivity contribution in [2.24, 2.45) is 0 Å². The minimum absolute atomic E-state index is 0.0997. The maximum atomic E-state index is 11.8. The number of carbonyl (C=O) groups excluding carboxylic acids is 1. The Morgan fingerprint density at radius 1 is 1.18 bits per heavy atom. The van der Waals surface area contributed by atoms with Crippen molar-refractivity contribution in [3.8, 4) is 11.5 Å². The second-order valence-corrected chi connectivity index (χ2v) is 5.38. The van der Waals surface area contributed by atoms with Crippen LogP contribution in [0.4, 0.5) is 0 Å². The summed E-state index contributed by atoms with van der Waals surface area (Å²) >= 11 is 3.17. The summed E-state index contributed by atoms with van der Waals surface area (Å²) in [5.41, 5.74) is 1.13. The summed E-state index contributed by atoms with van der Waals surface area (Å²) < 4.78 is 10.9. The molecule has 0 aliphatic heterocycles. The van der Waals surface area contributed by atoms with Gasteiger partial charge in [-0.1, -0.05) is 12.1 Å². The predicted octanol–water partition coefficient (Wildman–Crippen LogP) is 3.44. The van der Waals surface area contributed by atoms with Crippen molar-refractivity contribution in [3.63, 3.8) is 0 Å². The molecule has 0 spiro atoms. The van der Waals surface area contributed by atoms with E-state index in [1.54, 1.807) is 6.07 Å². The standard InChI is InChI=1S/C16H13BrO5/c1-10-3-2-4-12(7-10)21-9-15(18)22-14-6-5-11(16(19)20)8-13(14)17/h2-8H,9H2,1H3,(H,19,20). The van der Waals surface area contributed by atoms with Gasteiger partial charge in [0.25, 0.3) is 0 Å². The van der Waals surface area contributed by atoms with E-state index in [0.717, 1.165) is 5.56 Å². The highest BCUT2D eigenvalue weighted by Gasteiger charge is 2.12. The molecule has 0 aliphatic rings. The number of carboxylic acid groups (broad SMARTS) is 1. The molecule has 2 aromatic rings. The lowest BCUT2D eigenvalue weighted by Crippen LogP contribution is -2.18. The van der Waals surface area contributed by atoms with Gasteiger partial charge in [-0.25, -0.2) is 9.59 Å². The van der Waals surface area contributed by atoms with Crippen LogP contribution >= 0.6 is 15.9 Å². The Bertz CT molecular complexity index is 711. The zero-order chi connectivity index (χ0) is 16.1. The summed E-state index contributed by atoms with van der Waals surface area (Å²) in [4.78, 5) is 22.6. The maximum Gasteiger partial charge on any atom is 0.349 e. The molecule has 2 rings (SSSR count). The SMILES string of the molecule is Cc1cccc(OCC(=O)Oc2ccc(C(=O)O)cc2Br)c1. The zero-order valence-electron chi connectivity index (χ0n) is 11.7. The molecule has 0 saturated carbocycles. The van der Waals surface area contributed by atoms with E-state index in [-0.39, 0.29) is 17.9 Å².